The van der Waals surface area contributed by atoms with Crippen molar-refractivity contribution in [1.29, 1.82) is 0 Å². The molecule has 3 saturated carbocycles. The average Bonchev–Trinajstić information content (AvgIpc) is 2.82. The lowest BCUT2D eigenvalue weighted by Gasteiger charge is -2.68. The van der Waals surface area contributed by atoms with E-state index < -0.39 is 27.6 Å². The standard InChI is InChI=1S/C31H38N4O3/c1-26(2)11-13-31(25(38)34-35-32)14-12-30(7)23(18(31)16-26)20(36)15-22-28(5)17-19(33-8)24(37)27(3,4)21(28)9-10-29(22,30)6/h15,17,21H,9-14,16H2,1-7H3/t21-,28-,29+,30+,31-/m0/s1. The molecule has 38 heavy (non-hydrogen) atoms. The Labute approximate surface area is 225 Å². The van der Waals surface area contributed by atoms with E-state index >= 15 is 0 Å². The Kier molecular flexibility index (Phi) is 5.60. The number of carbonyl (C=O) groups excluding carboxylic acids is 3. The van der Waals surface area contributed by atoms with Gasteiger partial charge in [-0.3, -0.25) is 9.59 Å². The number of ketones is 2. The number of azide groups is 1. The van der Waals surface area contributed by atoms with Crippen LogP contribution >= 0.6 is 0 Å². The predicted octanol–water partition coefficient (Wildman–Crippen LogP) is 7.31. The Bertz CT molecular complexity index is 1310. The Morgan fingerprint density at radius 3 is 2.29 bits per heavy atom. The third-order valence-electron chi connectivity index (χ3n) is 11.7. The Morgan fingerprint density at radius 2 is 1.66 bits per heavy atom. The summed E-state index contributed by atoms with van der Waals surface area (Å²) in [5.41, 5.74) is 7.12. The van der Waals surface area contributed by atoms with Gasteiger partial charge in [-0.2, -0.15) is 0 Å². The summed E-state index contributed by atoms with van der Waals surface area (Å²) in [6, 6.07) is 0. The van der Waals surface area contributed by atoms with Gasteiger partial charge in [-0.1, -0.05) is 60.1 Å². The molecule has 0 heterocycles. The van der Waals surface area contributed by atoms with E-state index in [0.717, 1.165) is 36.7 Å². The maximum Gasteiger partial charge on any atom is 0.226 e. The predicted molar refractivity (Wildman–Crippen MR) is 144 cm³/mol. The molecule has 0 N–H and O–H groups in total. The maximum atomic E-state index is 14.3. The summed E-state index contributed by atoms with van der Waals surface area (Å²) in [5, 5.41) is 3.57. The molecule has 0 spiro atoms. The zero-order valence-electron chi connectivity index (χ0n) is 23.7. The van der Waals surface area contributed by atoms with Crippen molar-refractivity contribution in [3.8, 4) is 0 Å². The first-order valence-electron chi connectivity index (χ1n) is 13.8. The summed E-state index contributed by atoms with van der Waals surface area (Å²) in [7, 11) is 0. The molecule has 0 aromatic carbocycles. The van der Waals surface area contributed by atoms with E-state index in [9.17, 15) is 14.4 Å². The third kappa shape index (κ3) is 3.13. The van der Waals surface area contributed by atoms with E-state index in [-0.39, 0.29) is 34.0 Å². The lowest BCUT2D eigenvalue weighted by molar-refractivity contribution is -0.137. The van der Waals surface area contributed by atoms with Gasteiger partial charge in [-0.15, -0.1) is 0 Å². The van der Waals surface area contributed by atoms with Crippen LogP contribution in [-0.2, 0) is 14.4 Å². The summed E-state index contributed by atoms with van der Waals surface area (Å²) in [4.78, 5) is 47.3. The molecule has 2 radical (unpaired) electrons. The normalized spacial score (nSPS) is 41.7. The van der Waals surface area contributed by atoms with Gasteiger partial charge < -0.3 is 4.79 Å². The molecule has 5 aliphatic carbocycles. The molecule has 7 heteroatoms. The van der Waals surface area contributed by atoms with Gasteiger partial charge in [0, 0.05) is 27.1 Å². The van der Waals surface area contributed by atoms with Crippen molar-refractivity contribution in [2.24, 2.45) is 43.5 Å². The number of Topliss-reactive ketones (excluding diaryl/α,β-unsaturated/α-hetero) is 1. The van der Waals surface area contributed by atoms with E-state index in [2.05, 4.69) is 49.5 Å². The van der Waals surface area contributed by atoms with Gasteiger partial charge in [0.1, 0.15) is 0 Å². The van der Waals surface area contributed by atoms with Crippen LogP contribution in [0.3, 0.4) is 0 Å². The second kappa shape index (κ2) is 7.92. The molecule has 5 atom stereocenters. The SMILES string of the molecule is [C-]#[N+]C1=C[C@]2(C)C3=CC(=O)[C]4[C]5CC(C)(C)CC[C@]5(C(=O)N=[N+]=[N-])CC[C@@]4(C)[C@]3(C)CC[C@H]2C(C)(C)C1=O. The summed E-state index contributed by atoms with van der Waals surface area (Å²) in [5.74, 6) is 0.970. The lowest BCUT2D eigenvalue weighted by atomic mass is 9.34. The molecule has 7 nitrogen and oxygen atoms in total. The van der Waals surface area contributed by atoms with Gasteiger partial charge in [-0.05, 0) is 83.8 Å². The van der Waals surface area contributed by atoms with Gasteiger partial charge in [0.15, 0.2) is 11.6 Å². The molecular formula is C31H38N4O3. The van der Waals surface area contributed by atoms with Crippen molar-refractivity contribution < 1.29 is 14.4 Å². The van der Waals surface area contributed by atoms with Crippen LogP contribution < -0.4 is 0 Å². The van der Waals surface area contributed by atoms with E-state index in [1.807, 2.05) is 19.9 Å². The van der Waals surface area contributed by atoms with Crippen LogP contribution in [-0.4, -0.2) is 17.5 Å². The summed E-state index contributed by atoms with van der Waals surface area (Å²) < 4.78 is 0. The van der Waals surface area contributed by atoms with Crippen LogP contribution in [0.1, 0.15) is 93.4 Å². The molecule has 1 amide bonds. The molecule has 0 aliphatic heterocycles. The first-order chi connectivity index (χ1) is 17.5. The highest BCUT2D eigenvalue weighted by Crippen LogP contribution is 2.75. The third-order valence-corrected chi connectivity index (χ3v) is 11.7. The van der Waals surface area contributed by atoms with Crippen molar-refractivity contribution in [2.45, 2.75) is 93.4 Å². The number of nitrogens with zero attached hydrogens (tertiary/aromatic N) is 4. The number of hydrogen-bond acceptors (Lipinski definition) is 3. The Hall–Kier alpha value is -2.71. The van der Waals surface area contributed by atoms with Crippen molar-refractivity contribution in [3.63, 3.8) is 0 Å². The smallest absolute Gasteiger partial charge is 0.226 e. The second-order valence-corrected chi connectivity index (χ2v) is 14.4. The number of rotatable bonds is 1. The highest BCUT2D eigenvalue weighted by Gasteiger charge is 2.71. The highest BCUT2D eigenvalue weighted by atomic mass is 16.2. The van der Waals surface area contributed by atoms with Crippen LogP contribution in [0, 0.1) is 56.8 Å². The Balaban J connectivity index is 1.71. The molecule has 5 aliphatic rings. The van der Waals surface area contributed by atoms with Gasteiger partial charge in [0.2, 0.25) is 11.6 Å². The number of allylic oxidation sites excluding steroid dienone is 4. The summed E-state index contributed by atoms with van der Waals surface area (Å²) in [6.07, 6.45) is 8.49. The van der Waals surface area contributed by atoms with Crippen molar-refractivity contribution in [1.82, 2.24) is 0 Å². The van der Waals surface area contributed by atoms with Crippen molar-refractivity contribution in [3.05, 3.63) is 57.1 Å². The molecule has 0 bridgehead atoms. The molecule has 200 valence electrons. The molecule has 0 aromatic heterocycles. The largest absolute Gasteiger partial charge is 0.307 e. The number of amides is 1. The van der Waals surface area contributed by atoms with E-state index in [0.29, 0.717) is 25.7 Å². The van der Waals surface area contributed by atoms with Gasteiger partial charge >= 0.3 is 0 Å². The van der Waals surface area contributed by atoms with Gasteiger partial charge in [-0.25, -0.2) is 4.85 Å². The monoisotopic (exact) mass is 514 g/mol. The zero-order valence-corrected chi connectivity index (χ0v) is 23.7. The molecule has 0 saturated heterocycles. The molecule has 0 aromatic rings. The van der Waals surface area contributed by atoms with Crippen molar-refractivity contribution in [2.75, 3.05) is 0 Å². The van der Waals surface area contributed by atoms with E-state index in [1.54, 1.807) is 6.08 Å². The minimum atomic E-state index is -0.911. The minimum absolute atomic E-state index is 0.0132. The minimum Gasteiger partial charge on any atom is -0.307 e. The van der Waals surface area contributed by atoms with Crippen molar-refractivity contribution >= 4 is 17.5 Å². The summed E-state index contributed by atoms with van der Waals surface area (Å²) >= 11 is 0. The Morgan fingerprint density at radius 1 is 1.00 bits per heavy atom. The summed E-state index contributed by atoms with van der Waals surface area (Å²) in [6.45, 7) is 22.5. The van der Waals surface area contributed by atoms with Gasteiger partial charge in [0.05, 0.1) is 12.5 Å². The maximum absolute atomic E-state index is 14.3. The quantitative estimate of drug-likeness (QED) is 0.158. The highest BCUT2D eigenvalue weighted by molar-refractivity contribution is 6.09. The molecular weight excluding hydrogens is 476 g/mol. The fourth-order valence-electron chi connectivity index (χ4n) is 9.37. The topological polar surface area (TPSA) is 104 Å². The second-order valence-electron chi connectivity index (χ2n) is 14.4. The average molecular weight is 515 g/mol. The molecule has 5 rings (SSSR count). The molecule has 0 unspecified atom stereocenters. The van der Waals surface area contributed by atoms with Crippen LogP contribution in [0.5, 0.6) is 0 Å². The zero-order chi connectivity index (χ0) is 28.1. The van der Waals surface area contributed by atoms with Crippen LogP contribution in [0.15, 0.2) is 28.5 Å². The number of carbonyl (C=O) groups is 3. The van der Waals surface area contributed by atoms with Crippen LogP contribution in [0.4, 0.5) is 0 Å². The van der Waals surface area contributed by atoms with E-state index in [4.69, 9.17) is 12.1 Å². The molecule has 3 fully saturated rings. The lowest BCUT2D eigenvalue weighted by Crippen LogP contribution is -2.64. The number of hydrogen-bond donors (Lipinski definition) is 0. The first-order valence-corrected chi connectivity index (χ1v) is 13.8. The number of fused-ring (bicyclic) bond motifs is 7. The van der Waals surface area contributed by atoms with Crippen LogP contribution in [0.25, 0.3) is 15.3 Å². The first kappa shape index (κ1) is 26.9. The van der Waals surface area contributed by atoms with Gasteiger partial charge in [0.25, 0.3) is 0 Å². The fourth-order valence-corrected chi connectivity index (χ4v) is 9.37. The van der Waals surface area contributed by atoms with E-state index in [1.165, 1.54) is 0 Å². The van der Waals surface area contributed by atoms with Crippen LogP contribution in [0.2, 0.25) is 0 Å². The fraction of sp³-hybridized carbons (Fsp3) is 0.677.